The van der Waals surface area contributed by atoms with Gasteiger partial charge in [0.25, 0.3) is 5.91 Å². The Morgan fingerprint density at radius 3 is 2.48 bits per heavy atom. The maximum atomic E-state index is 12.6. The largest absolute Gasteiger partial charge is 0.337 e. The van der Waals surface area contributed by atoms with Crippen molar-refractivity contribution in [2.75, 3.05) is 13.1 Å². The number of piperidine rings is 1. The summed E-state index contributed by atoms with van der Waals surface area (Å²) in [6, 6.07) is 4.39. The van der Waals surface area contributed by atoms with E-state index in [0.717, 1.165) is 43.7 Å². The van der Waals surface area contributed by atoms with Crippen LogP contribution in [-0.4, -0.2) is 43.4 Å². The molecule has 1 saturated heterocycles. The number of imidazole rings is 1. The normalized spacial score (nSPS) is 15.4. The van der Waals surface area contributed by atoms with Crippen LogP contribution in [0.3, 0.4) is 0 Å². The minimum Gasteiger partial charge on any atom is -0.337 e. The van der Waals surface area contributed by atoms with E-state index in [1.54, 1.807) is 12.4 Å². The van der Waals surface area contributed by atoms with E-state index in [1.807, 2.05) is 18.2 Å². The molecule has 0 aliphatic carbocycles. The van der Waals surface area contributed by atoms with Gasteiger partial charge in [0.1, 0.15) is 5.69 Å². The Labute approximate surface area is 159 Å². The summed E-state index contributed by atoms with van der Waals surface area (Å²) in [6.45, 7) is 8.62. The Kier molecular flexibility index (Phi) is 4.64. The highest BCUT2D eigenvalue weighted by Crippen LogP contribution is 2.24. The molecular formula is C21H25N5O. The number of rotatable bonds is 3. The second-order valence-electron chi connectivity index (χ2n) is 7.60. The van der Waals surface area contributed by atoms with E-state index in [2.05, 4.69) is 45.5 Å². The number of aromatic nitrogens is 4. The van der Waals surface area contributed by atoms with Crippen LogP contribution in [-0.2, 0) is 6.54 Å². The average molecular weight is 363 g/mol. The van der Waals surface area contributed by atoms with E-state index in [0.29, 0.717) is 11.6 Å². The molecule has 0 atom stereocenters. The molecule has 1 aliphatic rings. The summed E-state index contributed by atoms with van der Waals surface area (Å²) in [7, 11) is 0. The second kappa shape index (κ2) is 7.10. The van der Waals surface area contributed by atoms with Crippen molar-refractivity contribution in [3.05, 3.63) is 53.4 Å². The molecule has 0 N–H and O–H groups in total. The molecule has 1 aromatic carbocycles. The third-order valence-electron chi connectivity index (χ3n) is 5.59. The maximum Gasteiger partial charge on any atom is 0.274 e. The van der Waals surface area contributed by atoms with Gasteiger partial charge in [0.05, 0.1) is 29.3 Å². The fraction of sp³-hybridized carbons (Fsp3) is 0.429. The van der Waals surface area contributed by atoms with Crippen LogP contribution in [0.1, 0.15) is 40.2 Å². The van der Waals surface area contributed by atoms with Gasteiger partial charge in [-0.25, -0.2) is 9.97 Å². The summed E-state index contributed by atoms with van der Waals surface area (Å²) in [5.74, 6) is 0.539. The van der Waals surface area contributed by atoms with E-state index < -0.39 is 0 Å². The van der Waals surface area contributed by atoms with Crippen LogP contribution in [0.4, 0.5) is 0 Å². The number of hydrogen-bond acceptors (Lipinski definition) is 4. The van der Waals surface area contributed by atoms with Crippen molar-refractivity contribution in [2.24, 2.45) is 5.92 Å². The Morgan fingerprint density at radius 2 is 1.78 bits per heavy atom. The zero-order valence-corrected chi connectivity index (χ0v) is 16.1. The molecule has 3 aromatic rings. The number of benzene rings is 1. The topological polar surface area (TPSA) is 63.9 Å². The number of carbonyl (C=O) groups excluding carboxylic acids is 1. The minimum atomic E-state index is -0.0138. The summed E-state index contributed by atoms with van der Waals surface area (Å²) in [4.78, 5) is 27.4. The van der Waals surface area contributed by atoms with Gasteiger partial charge in [-0.15, -0.1) is 0 Å². The van der Waals surface area contributed by atoms with Crippen molar-refractivity contribution < 1.29 is 4.79 Å². The lowest BCUT2D eigenvalue weighted by Crippen LogP contribution is -2.39. The van der Waals surface area contributed by atoms with Crippen molar-refractivity contribution >= 4 is 16.9 Å². The summed E-state index contributed by atoms with van der Waals surface area (Å²) in [5.41, 5.74) is 6.09. The van der Waals surface area contributed by atoms with Crippen molar-refractivity contribution in [3.8, 4) is 0 Å². The van der Waals surface area contributed by atoms with E-state index in [-0.39, 0.29) is 5.91 Å². The van der Waals surface area contributed by atoms with Gasteiger partial charge in [-0.2, -0.15) is 0 Å². The number of carbonyl (C=O) groups is 1. The van der Waals surface area contributed by atoms with Crippen LogP contribution in [0.5, 0.6) is 0 Å². The van der Waals surface area contributed by atoms with E-state index in [4.69, 9.17) is 0 Å². The van der Waals surface area contributed by atoms with E-state index in [9.17, 15) is 4.79 Å². The quantitative estimate of drug-likeness (QED) is 0.716. The summed E-state index contributed by atoms with van der Waals surface area (Å²) < 4.78 is 2.26. The number of aryl methyl sites for hydroxylation is 3. The molecule has 0 spiro atoms. The van der Waals surface area contributed by atoms with Gasteiger partial charge in [-0.05, 0) is 62.8 Å². The highest BCUT2D eigenvalue weighted by molar-refractivity contribution is 5.92. The predicted octanol–water partition coefficient (Wildman–Crippen LogP) is 3.30. The third-order valence-corrected chi connectivity index (χ3v) is 5.59. The lowest BCUT2D eigenvalue weighted by Gasteiger charge is -2.32. The fourth-order valence-corrected chi connectivity index (χ4v) is 3.72. The van der Waals surface area contributed by atoms with Gasteiger partial charge in [0.2, 0.25) is 0 Å². The van der Waals surface area contributed by atoms with Gasteiger partial charge < -0.3 is 9.47 Å². The molecule has 4 rings (SSSR count). The number of hydrogen-bond donors (Lipinski definition) is 0. The summed E-state index contributed by atoms with van der Waals surface area (Å²) in [5, 5.41) is 0. The Morgan fingerprint density at radius 1 is 1.04 bits per heavy atom. The second-order valence-corrected chi connectivity index (χ2v) is 7.60. The highest BCUT2D eigenvalue weighted by Gasteiger charge is 2.25. The van der Waals surface area contributed by atoms with Crippen LogP contribution in [0.2, 0.25) is 0 Å². The van der Waals surface area contributed by atoms with Crippen LogP contribution in [0, 0.1) is 26.7 Å². The molecule has 6 nitrogen and oxygen atoms in total. The molecule has 0 unspecified atom stereocenters. The summed E-state index contributed by atoms with van der Waals surface area (Å²) in [6.07, 6.45) is 7.16. The third kappa shape index (κ3) is 3.56. The molecule has 1 fully saturated rings. The van der Waals surface area contributed by atoms with E-state index >= 15 is 0 Å². The van der Waals surface area contributed by atoms with Crippen LogP contribution >= 0.6 is 0 Å². The van der Waals surface area contributed by atoms with Crippen LogP contribution < -0.4 is 0 Å². The average Bonchev–Trinajstić information content (AvgIpc) is 3.04. The van der Waals surface area contributed by atoms with Crippen molar-refractivity contribution in [3.63, 3.8) is 0 Å². The van der Waals surface area contributed by atoms with Gasteiger partial charge in [-0.3, -0.25) is 9.78 Å². The lowest BCUT2D eigenvalue weighted by atomic mass is 9.96. The van der Waals surface area contributed by atoms with E-state index in [1.165, 1.54) is 16.6 Å². The molecule has 140 valence electrons. The van der Waals surface area contributed by atoms with Gasteiger partial charge in [0, 0.05) is 25.8 Å². The first-order valence-corrected chi connectivity index (χ1v) is 9.51. The number of likely N-dealkylation sites (tertiary alicyclic amines) is 1. The summed E-state index contributed by atoms with van der Waals surface area (Å²) >= 11 is 0. The Hall–Kier alpha value is -2.76. The smallest absolute Gasteiger partial charge is 0.274 e. The zero-order chi connectivity index (χ0) is 19.0. The first-order chi connectivity index (χ1) is 13.0. The number of fused-ring (bicyclic) bond motifs is 1. The van der Waals surface area contributed by atoms with Gasteiger partial charge in [-0.1, -0.05) is 0 Å². The first-order valence-electron chi connectivity index (χ1n) is 9.51. The van der Waals surface area contributed by atoms with Crippen molar-refractivity contribution in [1.82, 2.24) is 24.4 Å². The molecule has 0 saturated carbocycles. The number of nitrogens with zero attached hydrogens (tertiary/aromatic N) is 5. The molecule has 0 radical (unpaired) electrons. The standard InChI is InChI=1S/C21H25N5O/c1-14-8-18-20(9-15(14)2)26(13-24-18)12-17-4-6-25(7-5-17)21(27)19-11-22-16(3)10-23-19/h8-11,13,17H,4-7,12H2,1-3H3. The molecule has 27 heavy (non-hydrogen) atoms. The van der Waals surface area contributed by atoms with Crippen molar-refractivity contribution in [1.29, 1.82) is 0 Å². The minimum absolute atomic E-state index is 0.0138. The maximum absolute atomic E-state index is 12.6. The molecule has 6 heteroatoms. The highest BCUT2D eigenvalue weighted by atomic mass is 16.2. The Bertz CT molecular complexity index is 968. The molecule has 3 heterocycles. The van der Waals surface area contributed by atoms with Crippen molar-refractivity contribution in [2.45, 2.75) is 40.2 Å². The fourth-order valence-electron chi connectivity index (χ4n) is 3.72. The molecule has 1 aliphatic heterocycles. The van der Waals surface area contributed by atoms with Gasteiger partial charge >= 0.3 is 0 Å². The van der Waals surface area contributed by atoms with Gasteiger partial charge in [0.15, 0.2) is 0 Å². The van der Waals surface area contributed by atoms with Crippen LogP contribution in [0.15, 0.2) is 30.9 Å². The SMILES string of the molecule is Cc1cnc(C(=O)N2CCC(Cn3cnc4cc(C)c(C)cc43)CC2)cn1. The molecule has 2 aromatic heterocycles. The molecule has 0 bridgehead atoms. The zero-order valence-electron chi connectivity index (χ0n) is 16.1. The lowest BCUT2D eigenvalue weighted by molar-refractivity contribution is 0.0677. The number of amides is 1. The first kappa shape index (κ1) is 17.6. The molecular weight excluding hydrogens is 338 g/mol. The Balaban J connectivity index is 1.40. The monoisotopic (exact) mass is 363 g/mol. The van der Waals surface area contributed by atoms with Crippen LogP contribution in [0.25, 0.3) is 11.0 Å². The predicted molar refractivity (Wildman–Crippen MR) is 105 cm³/mol. The molecule has 1 amide bonds.